The second kappa shape index (κ2) is 8.81. The van der Waals surface area contributed by atoms with Gasteiger partial charge in [-0.05, 0) is 118 Å². The topological polar surface area (TPSA) is 26.3 Å². The van der Waals surface area contributed by atoms with Crippen LogP contribution in [0.2, 0.25) is 0 Å². The fourth-order valence-corrected chi connectivity index (χ4v) is 10.4. The predicted molar refractivity (Wildman–Crippen MR) is 142 cm³/mol. The van der Waals surface area contributed by atoms with Crippen LogP contribution in [0.4, 0.5) is 0 Å². The van der Waals surface area contributed by atoms with Crippen molar-refractivity contribution in [2.45, 2.75) is 126 Å². The summed E-state index contributed by atoms with van der Waals surface area (Å²) in [6.45, 7) is 23.4. The Kier molecular flexibility index (Phi) is 6.74. The summed E-state index contributed by atoms with van der Waals surface area (Å²) in [5.41, 5.74) is 4.17. The second-order valence-corrected chi connectivity index (χ2v) is 14.3. The zero-order valence-corrected chi connectivity index (χ0v) is 23.6. The van der Waals surface area contributed by atoms with E-state index in [9.17, 15) is 4.79 Å². The number of esters is 1. The molecule has 1 unspecified atom stereocenters. The number of fused-ring (bicyclic) bond motifs is 5. The van der Waals surface area contributed by atoms with Crippen LogP contribution in [0.25, 0.3) is 0 Å². The molecule has 8 atom stereocenters. The van der Waals surface area contributed by atoms with Crippen LogP contribution in [-0.4, -0.2) is 12.1 Å². The van der Waals surface area contributed by atoms with E-state index in [1.807, 2.05) is 0 Å². The highest BCUT2D eigenvalue weighted by molar-refractivity contribution is 5.66. The van der Waals surface area contributed by atoms with E-state index in [0.717, 1.165) is 37.0 Å². The summed E-state index contributed by atoms with van der Waals surface area (Å²) in [4.78, 5) is 11.8. The van der Waals surface area contributed by atoms with Gasteiger partial charge in [-0.25, -0.2) is 0 Å². The number of carbonyl (C=O) groups is 1. The number of hydrogen-bond donors (Lipinski definition) is 0. The summed E-state index contributed by atoms with van der Waals surface area (Å²) in [6.07, 6.45) is 15.1. The molecule has 4 fully saturated rings. The van der Waals surface area contributed by atoms with E-state index in [1.165, 1.54) is 56.1 Å². The first kappa shape index (κ1) is 26.0. The van der Waals surface area contributed by atoms with Gasteiger partial charge in [-0.2, -0.15) is 0 Å². The lowest BCUT2D eigenvalue weighted by Crippen LogP contribution is -2.64. The Hall–Kier alpha value is -1.05. The van der Waals surface area contributed by atoms with Gasteiger partial charge in [-0.1, -0.05) is 58.4 Å². The van der Waals surface area contributed by atoms with Crippen molar-refractivity contribution in [3.8, 4) is 0 Å². The lowest BCUT2D eigenvalue weighted by atomic mass is 9.35. The van der Waals surface area contributed by atoms with Crippen molar-refractivity contribution in [1.29, 1.82) is 0 Å². The highest BCUT2D eigenvalue weighted by Crippen LogP contribution is 2.75. The second-order valence-electron chi connectivity index (χ2n) is 14.3. The zero-order chi connectivity index (χ0) is 25.1. The first-order valence-corrected chi connectivity index (χ1v) is 14.3. The molecule has 0 heterocycles. The van der Waals surface area contributed by atoms with Crippen LogP contribution < -0.4 is 0 Å². The molecule has 192 valence electrons. The molecule has 0 radical (unpaired) electrons. The van der Waals surface area contributed by atoms with Crippen LogP contribution in [0.15, 0.2) is 23.8 Å². The molecule has 0 saturated heterocycles. The van der Waals surface area contributed by atoms with Crippen molar-refractivity contribution >= 4 is 5.97 Å². The van der Waals surface area contributed by atoms with Crippen molar-refractivity contribution < 1.29 is 9.53 Å². The normalized spacial score (nSPS) is 44.9. The van der Waals surface area contributed by atoms with Gasteiger partial charge in [0, 0.05) is 12.3 Å². The minimum absolute atomic E-state index is 0.0508. The third kappa shape index (κ3) is 3.85. The third-order valence-corrected chi connectivity index (χ3v) is 12.2. The predicted octanol–water partition coefficient (Wildman–Crippen LogP) is 8.91. The zero-order valence-electron chi connectivity index (χ0n) is 23.6. The van der Waals surface area contributed by atoms with Crippen LogP contribution in [0.3, 0.4) is 0 Å². The Labute approximate surface area is 210 Å². The number of hydrogen-bond acceptors (Lipinski definition) is 2. The van der Waals surface area contributed by atoms with Gasteiger partial charge in [-0.3, -0.25) is 4.79 Å². The maximum atomic E-state index is 11.8. The molecule has 0 aromatic heterocycles. The smallest absolute Gasteiger partial charge is 0.302 e. The standard InChI is InChI=1S/C32H52O2/c1-21(2)11-10-12-22(3)24-15-19-31(8)25(24)13-14-27-30(7)18-17-28(34-23(4)33)29(5,6)26(30)16-20-32(27,31)9/h11,24-28H,3,10,12-20H2,1-2,4-9H3/t24-,25-,26?,27-,28+,30+,31+,32-/m1/s1. The van der Waals surface area contributed by atoms with Crippen LogP contribution in [0, 0.1) is 45.3 Å². The van der Waals surface area contributed by atoms with E-state index >= 15 is 0 Å². The molecule has 2 nitrogen and oxygen atoms in total. The Morgan fingerprint density at radius 2 is 1.56 bits per heavy atom. The average Bonchev–Trinajstić information content (AvgIpc) is 3.08. The van der Waals surface area contributed by atoms with E-state index < -0.39 is 0 Å². The molecule has 0 N–H and O–H groups in total. The minimum atomic E-state index is -0.114. The van der Waals surface area contributed by atoms with Crippen LogP contribution in [0.1, 0.15) is 120 Å². The molecule has 0 aromatic carbocycles. The fourth-order valence-electron chi connectivity index (χ4n) is 10.4. The summed E-state index contributed by atoms with van der Waals surface area (Å²) in [7, 11) is 0. The first-order valence-electron chi connectivity index (χ1n) is 14.3. The maximum absolute atomic E-state index is 11.8. The van der Waals surface area contributed by atoms with Gasteiger partial charge in [0.15, 0.2) is 0 Å². The van der Waals surface area contributed by atoms with E-state index in [4.69, 9.17) is 4.74 Å². The Balaban J connectivity index is 1.57. The average molecular weight is 469 g/mol. The summed E-state index contributed by atoms with van der Waals surface area (Å²) < 4.78 is 5.89. The lowest BCUT2D eigenvalue weighted by molar-refractivity contribution is -0.226. The maximum Gasteiger partial charge on any atom is 0.302 e. The van der Waals surface area contributed by atoms with Crippen molar-refractivity contribution in [3.05, 3.63) is 23.8 Å². The third-order valence-electron chi connectivity index (χ3n) is 12.2. The number of rotatable bonds is 5. The van der Waals surface area contributed by atoms with Crippen LogP contribution in [0.5, 0.6) is 0 Å². The Morgan fingerprint density at radius 1 is 0.882 bits per heavy atom. The summed E-state index contributed by atoms with van der Waals surface area (Å²) in [6, 6.07) is 0. The first-order chi connectivity index (χ1) is 15.8. The van der Waals surface area contributed by atoms with Gasteiger partial charge in [0.2, 0.25) is 0 Å². The highest BCUT2D eigenvalue weighted by Gasteiger charge is 2.68. The molecule has 34 heavy (non-hydrogen) atoms. The van der Waals surface area contributed by atoms with Crippen molar-refractivity contribution in [1.82, 2.24) is 0 Å². The Morgan fingerprint density at radius 3 is 2.21 bits per heavy atom. The van der Waals surface area contributed by atoms with E-state index in [2.05, 4.69) is 61.1 Å². The molecular weight excluding hydrogens is 416 g/mol. The molecule has 0 aromatic rings. The molecule has 0 bridgehead atoms. The number of ether oxygens (including phenoxy) is 1. The van der Waals surface area contributed by atoms with E-state index in [0.29, 0.717) is 22.2 Å². The molecule has 0 aliphatic heterocycles. The number of allylic oxidation sites excluding steroid dienone is 3. The van der Waals surface area contributed by atoms with Crippen molar-refractivity contribution in [3.63, 3.8) is 0 Å². The molecule has 0 spiro atoms. The van der Waals surface area contributed by atoms with Gasteiger partial charge in [0.1, 0.15) is 6.10 Å². The van der Waals surface area contributed by atoms with Crippen molar-refractivity contribution in [2.75, 3.05) is 0 Å². The van der Waals surface area contributed by atoms with Gasteiger partial charge in [0.25, 0.3) is 0 Å². The Bertz CT molecular complexity index is 847. The molecule has 4 aliphatic rings. The van der Waals surface area contributed by atoms with Crippen LogP contribution in [-0.2, 0) is 9.53 Å². The largest absolute Gasteiger partial charge is 0.462 e. The SMILES string of the molecule is C=C(CCC=C(C)C)[C@H]1CC[C@@]2(C)[C@@H]1CC[C@@H]1[C@@]3(C)CC[C@H](OC(C)=O)C(C)(C)C3CC[C@]12C. The molecule has 0 amide bonds. The van der Waals surface area contributed by atoms with Gasteiger partial charge < -0.3 is 4.74 Å². The number of carbonyl (C=O) groups excluding carboxylic acids is 1. The summed E-state index contributed by atoms with van der Waals surface area (Å²) in [5.74, 6) is 2.81. The monoisotopic (exact) mass is 468 g/mol. The highest BCUT2D eigenvalue weighted by atomic mass is 16.5. The molecule has 2 heteroatoms. The molecule has 4 aliphatic carbocycles. The minimum Gasteiger partial charge on any atom is -0.462 e. The van der Waals surface area contributed by atoms with E-state index in [-0.39, 0.29) is 17.5 Å². The molecule has 4 saturated carbocycles. The molecular formula is C32H52O2. The van der Waals surface area contributed by atoms with Gasteiger partial charge in [0.05, 0.1) is 0 Å². The van der Waals surface area contributed by atoms with Crippen molar-refractivity contribution in [2.24, 2.45) is 45.3 Å². The fraction of sp³-hybridized carbons (Fsp3) is 0.844. The van der Waals surface area contributed by atoms with Gasteiger partial charge in [-0.15, -0.1) is 0 Å². The quantitative estimate of drug-likeness (QED) is 0.297. The van der Waals surface area contributed by atoms with Gasteiger partial charge >= 0.3 is 5.97 Å². The summed E-state index contributed by atoms with van der Waals surface area (Å²) >= 11 is 0. The summed E-state index contributed by atoms with van der Waals surface area (Å²) in [5, 5.41) is 0. The van der Waals surface area contributed by atoms with E-state index in [1.54, 1.807) is 6.92 Å². The lowest BCUT2D eigenvalue weighted by Gasteiger charge is -2.70. The molecule has 4 rings (SSSR count). The van der Waals surface area contributed by atoms with Crippen LogP contribution >= 0.6 is 0 Å².